The van der Waals surface area contributed by atoms with Gasteiger partial charge in [0.25, 0.3) is 0 Å². The molecule has 3 aromatic carbocycles. The number of hydrogen-bond acceptors (Lipinski definition) is 9. The molecule has 0 aliphatic rings. The van der Waals surface area contributed by atoms with Crippen LogP contribution in [0.25, 0.3) is 0 Å². The number of aromatic hydroxyl groups is 1. The van der Waals surface area contributed by atoms with Gasteiger partial charge in [-0.05, 0) is 128 Å². The van der Waals surface area contributed by atoms with Gasteiger partial charge in [0, 0.05) is 12.0 Å². The third kappa shape index (κ3) is 14.2. The Bertz CT molecular complexity index is 1640. The van der Waals surface area contributed by atoms with Crippen molar-refractivity contribution in [1.82, 2.24) is 0 Å². The molecule has 272 valence electrons. The molecule has 0 spiro atoms. The summed E-state index contributed by atoms with van der Waals surface area (Å²) in [5.41, 5.74) is -0.139. The van der Waals surface area contributed by atoms with Crippen LogP contribution in [0.15, 0.2) is 60.7 Å². The molecule has 0 saturated carbocycles. The van der Waals surface area contributed by atoms with Gasteiger partial charge < -0.3 is 33.5 Å². The minimum atomic E-state index is -4.73. The molecule has 50 heavy (non-hydrogen) atoms. The zero-order chi connectivity index (χ0) is 37.5. The van der Waals surface area contributed by atoms with Crippen LogP contribution in [0.2, 0.25) is 0 Å². The van der Waals surface area contributed by atoms with Crippen molar-refractivity contribution < 1.29 is 56.3 Å². The van der Waals surface area contributed by atoms with Gasteiger partial charge in [0.2, 0.25) is 0 Å². The lowest BCUT2D eigenvalue weighted by Crippen LogP contribution is -2.39. The Balaban J connectivity index is 0.000000428. The van der Waals surface area contributed by atoms with Gasteiger partial charge in [-0.25, -0.2) is 9.59 Å². The lowest BCUT2D eigenvalue weighted by Gasteiger charge is -2.25. The minimum absolute atomic E-state index is 0.170. The molecule has 0 heterocycles. The normalized spacial score (nSPS) is 11.2. The maximum absolute atomic E-state index is 12.3. The van der Waals surface area contributed by atoms with Crippen LogP contribution >= 0.6 is 0 Å². The number of unbranched alkanes of at least 4 members (excludes halogenated alkanes) is 1. The summed E-state index contributed by atoms with van der Waals surface area (Å²) < 4.78 is 67.9. The standard InChI is InChI=1S/C25H27F3O5.C13H18O4/c1-5-30-23(29)24(3,4)33-22-14-13-20(16-18(22)2)31-15-8-6-7-10-19-11-9-12-21(17-19)32-25(26,27)28;1-5-16-12(15)13(3,4)17-11-7-6-10(14)8-9(11)2/h9,11-14,16-17H,5-6,8,15H2,1-4H3;6-8,14H,5H2,1-4H3. The van der Waals surface area contributed by atoms with Crippen molar-refractivity contribution in [3.8, 4) is 40.6 Å². The maximum Gasteiger partial charge on any atom is 0.573 e. The molecule has 0 amide bonds. The van der Waals surface area contributed by atoms with E-state index >= 15 is 0 Å². The zero-order valence-corrected chi connectivity index (χ0v) is 29.7. The van der Waals surface area contributed by atoms with Crippen molar-refractivity contribution in [3.63, 3.8) is 0 Å². The summed E-state index contributed by atoms with van der Waals surface area (Å²) in [6.45, 7) is 14.8. The molecule has 0 aliphatic carbocycles. The maximum atomic E-state index is 12.3. The van der Waals surface area contributed by atoms with Crippen LogP contribution in [0, 0.1) is 25.7 Å². The third-order valence-corrected chi connectivity index (χ3v) is 6.58. The molecule has 3 rings (SSSR count). The van der Waals surface area contributed by atoms with Gasteiger partial charge in [-0.2, -0.15) is 0 Å². The fourth-order valence-corrected chi connectivity index (χ4v) is 4.10. The van der Waals surface area contributed by atoms with E-state index in [0.717, 1.165) is 11.1 Å². The summed E-state index contributed by atoms with van der Waals surface area (Å²) >= 11 is 0. The van der Waals surface area contributed by atoms with Gasteiger partial charge >= 0.3 is 18.3 Å². The largest absolute Gasteiger partial charge is 0.573 e. The first-order valence-corrected chi connectivity index (χ1v) is 16.0. The van der Waals surface area contributed by atoms with Crippen LogP contribution in [0.1, 0.15) is 71.1 Å². The van der Waals surface area contributed by atoms with Gasteiger partial charge in [-0.15, -0.1) is 13.2 Å². The number of rotatable bonds is 13. The molecule has 0 bridgehead atoms. The molecule has 1 N–H and O–H groups in total. The van der Waals surface area contributed by atoms with E-state index in [0.29, 0.717) is 48.9 Å². The zero-order valence-electron chi connectivity index (χ0n) is 29.7. The Morgan fingerprint density at radius 1 is 0.740 bits per heavy atom. The summed E-state index contributed by atoms with van der Waals surface area (Å²) in [6, 6.07) is 15.6. The van der Waals surface area contributed by atoms with Crippen LogP contribution in [0.5, 0.6) is 28.7 Å². The molecule has 12 heteroatoms. The predicted octanol–water partition coefficient (Wildman–Crippen LogP) is 8.25. The second-order valence-electron chi connectivity index (χ2n) is 11.9. The lowest BCUT2D eigenvalue weighted by atomic mass is 10.1. The molecule has 0 saturated heterocycles. The topological polar surface area (TPSA) is 110 Å². The minimum Gasteiger partial charge on any atom is -0.508 e. The van der Waals surface area contributed by atoms with Crippen LogP contribution in [-0.4, -0.2) is 54.4 Å². The number of carbonyl (C=O) groups excluding carboxylic acids is 2. The first-order chi connectivity index (χ1) is 23.4. The number of benzene rings is 3. The van der Waals surface area contributed by atoms with Crippen LogP contribution in [-0.2, 0) is 19.1 Å². The summed E-state index contributed by atoms with van der Waals surface area (Å²) in [5, 5.41) is 9.28. The molecule has 9 nitrogen and oxygen atoms in total. The molecule has 0 unspecified atom stereocenters. The van der Waals surface area contributed by atoms with Crippen molar-refractivity contribution in [1.29, 1.82) is 0 Å². The van der Waals surface area contributed by atoms with Gasteiger partial charge in [0.15, 0.2) is 11.2 Å². The third-order valence-electron chi connectivity index (χ3n) is 6.58. The quantitative estimate of drug-likeness (QED) is 0.107. The highest BCUT2D eigenvalue weighted by Crippen LogP contribution is 2.29. The first kappa shape index (κ1) is 41.1. The van der Waals surface area contributed by atoms with Gasteiger partial charge in [-0.3, -0.25) is 0 Å². The smallest absolute Gasteiger partial charge is 0.508 e. The molecule has 3 aromatic rings. The monoisotopic (exact) mass is 702 g/mol. The van der Waals surface area contributed by atoms with Crippen molar-refractivity contribution in [2.75, 3.05) is 19.8 Å². The molecule has 0 radical (unpaired) electrons. The highest BCUT2D eigenvalue weighted by atomic mass is 19.4. The molecule has 0 fully saturated rings. The average molecular weight is 703 g/mol. The fraction of sp³-hybridized carbons (Fsp3) is 0.421. The summed E-state index contributed by atoms with van der Waals surface area (Å²) in [5.74, 6) is 6.52. The Morgan fingerprint density at radius 2 is 1.30 bits per heavy atom. The van der Waals surface area contributed by atoms with E-state index in [4.69, 9.17) is 23.7 Å². The highest BCUT2D eigenvalue weighted by Gasteiger charge is 2.33. The second-order valence-corrected chi connectivity index (χ2v) is 11.9. The Labute approximate surface area is 291 Å². The van der Waals surface area contributed by atoms with E-state index in [1.165, 1.54) is 24.3 Å². The van der Waals surface area contributed by atoms with Gasteiger partial charge in [0.05, 0.1) is 19.8 Å². The number of halogens is 3. The highest BCUT2D eigenvalue weighted by molar-refractivity contribution is 5.79. The van der Waals surface area contributed by atoms with E-state index in [9.17, 15) is 27.9 Å². The van der Waals surface area contributed by atoms with Crippen LogP contribution < -0.4 is 18.9 Å². The van der Waals surface area contributed by atoms with E-state index in [2.05, 4.69) is 16.6 Å². The number of esters is 2. The summed E-state index contributed by atoms with van der Waals surface area (Å²) in [4.78, 5) is 23.7. The molecule has 0 atom stereocenters. The lowest BCUT2D eigenvalue weighted by molar-refractivity contribution is -0.274. The SMILES string of the molecule is CCOC(=O)C(C)(C)Oc1ccc(O)cc1C.CCOC(=O)C(C)(C)Oc1ccc(OCCCC#Cc2cccc(OC(F)(F)F)c2)cc1C. The van der Waals surface area contributed by atoms with E-state index in [-0.39, 0.29) is 18.1 Å². The molecule has 0 aliphatic heterocycles. The van der Waals surface area contributed by atoms with Gasteiger partial charge in [-0.1, -0.05) is 17.9 Å². The van der Waals surface area contributed by atoms with E-state index in [1.807, 2.05) is 13.0 Å². The number of hydrogen-bond donors (Lipinski definition) is 1. The fourth-order valence-electron chi connectivity index (χ4n) is 4.10. The Morgan fingerprint density at radius 3 is 1.82 bits per heavy atom. The second kappa shape index (κ2) is 18.6. The number of alkyl halides is 3. The van der Waals surface area contributed by atoms with Crippen LogP contribution in [0.3, 0.4) is 0 Å². The predicted molar refractivity (Wildman–Crippen MR) is 181 cm³/mol. The van der Waals surface area contributed by atoms with Crippen molar-refractivity contribution in [3.05, 3.63) is 77.4 Å². The molecule has 0 aromatic heterocycles. The Kier molecular flexibility index (Phi) is 15.3. The van der Waals surface area contributed by atoms with Crippen molar-refractivity contribution >= 4 is 11.9 Å². The van der Waals surface area contributed by atoms with Gasteiger partial charge in [0.1, 0.15) is 28.7 Å². The van der Waals surface area contributed by atoms with E-state index in [1.54, 1.807) is 78.8 Å². The number of phenols is 1. The first-order valence-electron chi connectivity index (χ1n) is 16.0. The van der Waals surface area contributed by atoms with E-state index < -0.39 is 29.5 Å². The number of aryl methyl sites for hydroxylation is 2. The van der Waals surface area contributed by atoms with Crippen molar-refractivity contribution in [2.45, 2.75) is 85.8 Å². The number of ether oxygens (including phenoxy) is 6. The number of carbonyl (C=O) groups is 2. The molecular weight excluding hydrogens is 657 g/mol. The summed E-state index contributed by atoms with van der Waals surface area (Å²) in [6.07, 6.45) is -3.58. The molecular formula is C38H45F3O9. The summed E-state index contributed by atoms with van der Waals surface area (Å²) in [7, 11) is 0. The van der Waals surface area contributed by atoms with Crippen LogP contribution in [0.4, 0.5) is 13.2 Å². The average Bonchev–Trinajstić information content (AvgIpc) is 3.01. The van der Waals surface area contributed by atoms with Crippen molar-refractivity contribution in [2.24, 2.45) is 0 Å². The Hall–Kier alpha value is -5.05. The number of phenolic OH excluding ortho intramolecular Hbond substituents is 1.